The van der Waals surface area contributed by atoms with Crippen molar-refractivity contribution in [3.8, 4) is 11.5 Å². The van der Waals surface area contributed by atoms with E-state index in [4.69, 9.17) is 9.47 Å². The first-order chi connectivity index (χ1) is 13.2. The average molecular weight is 416 g/mol. The van der Waals surface area contributed by atoms with Gasteiger partial charge in [-0.3, -0.25) is 4.79 Å². The molecule has 28 heavy (non-hydrogen) atoms. The van der Waals surface area contributed by atoms with Crippen LogP contribution in [0.3, 0.4) is 0 Å². The van der Waals surface area contributed by atoms with Crippen molar-refractivity contribution >= 4 is 17.7 Å². The normalized spacial score (nSPS) is 11.4. The van der Waals surface area contributed by atoms with E-state index in [9.17, 15) is 22.4 Å². The Morgan fingerprint density at radius 3 is 2.43 bits per heavy atom. The highest BCUT2D eigenvalue weighted by Gasteiger charge is 2.35. The highest BCUT2D eigenvalue weighted by molar-refractivity contribution is 7.98. The summed E-state index contributed by atoms with van der Waals surface area (Å²) >= 11 is 1.33. The third-order valence-electron chi connectivity index (χ3n) is 4.03. The molecule has 0 saturated heterocycles. The van der Waals surface area contributed by atoms with Crippen molar-refractivity contribution in [2.24, 2.45) is 0 Å². The molecular weight excluding hydrogens is 396 g/mol. The van der Waals surface area contributed by atoms with E-state index >= 15 is 0 Å². The van der Waals surface area contributed by atoms with E-state index in [1.165, 1.54) is 17.8 Å². The van der Waals surface area contributed by atoms with Crippen LogP contribution in [0.15, 0.2) is 35.2 Å². The van der Waals surface area contributed by atoms with Crippen LogP contribution in [-0.2, 0) is 24.0 Å². The van der Waals surface area contributed by atoms with Gasteiger partial charge in [-0.05, 0) is 36.4 Å². The topological polar surface area (TPSA) is 35.5 Å². The van der Waals surface area contributed by atoms with Gasteiger partial charge in [0.15, 0.2) is 0 Å². The predicted molar refractivity (Wildman–Crippen MR) is 99.3 cm³/mol. The molecule has 0 atom stereocenters. The van der Waals surface area contributed by atoms with Gasteiger partial charge in [-0.2, -0.15) is 13.2 Å². The quantitative estimate of drug-likeness (QED) is 0.239. The van der Waals surface area contributed by atoms with Crippen LogP contribution in [0.1, 0.15) is 37.0 Å². The van der Waals surface area contributed by atoms with Crippen molar-refractivity contribution in [3.63, 3.8) is 0 Å². The maximum Gasteiger partial charge on any atom is 0.419 e. The molecule has 0 amide bonds. The molecule has 0 N–H and O–H groups in total. The predicted octanol–water partition coefficient (Wildman–Crippen LogP) is 6.02. The Kier molecular flexibility index (Phi) is 7.35. The number of rotatable bonds is 7. The minimum Gasteiger partial charge on any atom is -0.488 e. The molecule has 0 unspecified atom stereocenters. The van der Waals surface area contributed by atoms with Crippen molar-refractivity contribution in [1.82, 2.24) is 0 Å². The molecule has 8 heteroatoms. The fourth-order valence-corrected chi connectivity index (χ4v) is 3.15. The minimum atomic E-state index is -4.69. The van der Waals surface area contributed by atoms with Gasteiger partial charge < -0.3 is 9.47 Å². The second kappa shape index (κ2) is 9.32. The molecule has 0 spiro atoms. The summed E-state index contributed by atoms with van der Waals surface area (Å²) < 4.78 is 64.9. The minimum absolute atomic E-state index is 0.0400. The fourth-order valence-electron chi connectivity index (χ4n) is 2.53. The lowest BCUT2D eigenvalue weighted by Gasteiger charge is -2.18. The van der Waals surface area contributed by atoms with Crippen LogP contribution in [0.25, 0.3) is 0 Å². The zero-order valence-electron chi connectivity index (χ0n) is 15.7. The number of esters is 1. The lowest BCUT2D eigenvalue weighted by atomic mass is 10.1. The maximum absolute atomic E-state index is 14.1. The number of alkyl halides is 3. The SMILES string of the molecule is CCC(=O)Oc1cccc(SC)c1COc1cc(F)c(CC)cc1C(F)(F)F. The van der Waals surface area contributed by atoms with E-state index in [1.807, 2.05) is 0 Å². The van der Waals surface area contributed by atoms with Crippen molar-refractivity contribution < 1.29 is 31.8 Å². The number of benzene rings is 2. The van der Waals surface area contributed by atoms with Crippen LogP contribution in [-0.4, -0.2) is 12.2 Å². The summed E-state index contributed by atoms with van der Waals surface area (Å²) in [5.41, 5.74) is -0.661. The number of thioether (sulfide) groups is 1. The number of carbonyl (C=O) groups excluding carboxylic acids is 1. The number of hydrogen-bond donors (Lipinski definition) is 0. The van der Waals surface area contributed by atoms with Crippen molar-refractivity contribution in [1.29, 1.82) is 0 Å². The highest BCUT2D eigenvalue weighted by atomic mass is 32.2. The molecule has 152 valence electrons. The molecule has 2 rings (SSSR count). The molecule has 0 aromatic heterocycles. The van der Waals surface area contributed by atoms with E-state index in [1.54, 1.807) is 32.2 Å². The molecule has 0 heterocycles. The molecule has 0 aliphatic rings. The summed E-state index contributed by atoms with van der Waals surface area (Å²) in [6.45, 7) is 2.89. The van der Waals surface area contributed by atoms with E-state index in [-0.39, 0.29) is 30.8 Å². The molecule has 2 aromatic rings. The van der Waals surface area contributed by atoms with Gasteiger partial charge >= 0.3 is 12.1 Å². The van der Waals surface area contributed by atoms with Gasteiger partial charge in [0.2, 0.25) is 0 Å². The molecule has 0 aliphatic carbocycles. The first-order valence-electron chi connectivity index (χ1n) is 8.60. The van der Waals surface area contributed by atoms with Crippen LogP contribution >= 0.6 is 11.8 Å². The van der Waals surface area contributed by atoms with Gasteiger partial charge in [-0.15, -0.1) is 11.8 Å². The smallest absolute Gasteiger partial charge is 0.419 e. The number of ether oxygens (including phenoxy) is 2. The Labute approximate surface area is 165 Å². The summed E-state index contributed by atoms with van der Waals surface area (Å²) in [6, 6.07) is 6.46. The van der Waals surface area contributed by atoms with Gasteiger partial charge in [-0.25, -0.2) is 4.39 Å². The van der Waals surface area contributed by atoms with E-state index in [0.29, 0.717) is 10.5 Å². The molecule has 0 bridgehead atoms. The fraction of sp³-hybridized carbons (Fsp3) is 0.350. The second-order valence-corrected chi connectivity index (χ2v) is 6.69. The van der Waals surface area contributed by atoms with E-state index in [2.05, 4.69) is 0 Å². The first-order valence-corrected chi connectivity index (χ1v) is 9.82. The standard InChI is InChI=1S/C20H20F4O3S/c1-4-12-9-14(20(22,23)24)17(10-15(12)21)26-11-13-16(27-19(25)5-2)7-6-8-18(13)28-3/h6-10H,4-5,11H2,1-3H3. The van der Waals surface area contributed by atoms with Crippen LogP contribution in [0.4, 0.5) is 17.6 Å². The van der Waals surface area contributed by atoms with Crippen LogP contribution in [0.2, 0.25) is 0 Å². The monoisotopic (exact) mass is 416 g/mol. The summed E-state index contributed by atoms with van der Waals surface area (Å²) in [6.07, 6.45) is -2.64. The van der Waals surface area contributed by atoms with E-state index in [0.717, 1.165) is 12.1 Å². The second-order valence-electron chi connectivity index (χ2n) is 5.84. The van der Waals surface area contributed by atoms with Crippen molar-refractivity contribution in [2.75, 3.05) is 6.26 Å². The highest BCUT2D eigenvalue weighted by Crippen LogP contribution is 2.39. The van der Waals surface area contributed by atoms with Gasteiger partial charge in [0, 0.05) is 22.9 Å². The zero-order chi connectivity index (χ0) is 20.9. The molecule has 0 fully saturated rings. The van der Waals surface area contributed by atoms with Crippen LogP contribution < -0.4 is 9.47 Å². The Morgan fingerprint density at radius 2 is 1.86 bits per heavy atom. The average Bonchev–Trinajstić information content (AvgIpc) is 2.65. The Morgan fingerprint density at radius 1 is 1.14 bits per heavy atom. The third-order valence-corrected chi connectivity index (χ3v) is 4.85. The molecule has 2 aromatic carbocycles. The summed E-state index contributed by atoms with van der Waals surface area (Å²) in [4.78, 5) is 12.3. The Bertz CT molecular complexity index is 850. The lowest BCUT2D eigenvalue weighted by molar-refractivity contribution is -0.139. The lowest BCUT2D eigenvalue weighted by Crippen LogP contribution is -2.12. The molecule has 0 aliphatic heterocycles. The molecular formula is C20H20F4O3S. The first kappa shape index (κ1) is 22.1. The van der Waals surface area contributed by atoms with Gasteiger partial charge in [0.1, 0.15) is 23.9 Å². The van der Waals surface area contributed by atoms with Gasteiger partial charge in [0.05, 0.1) is 5.56 Å². The van der Waals surface area contributed by atoms with Crippen LogP contribution in [0.5, 0.6) is 11.5 Å². The number of halogens is 4. The Hall–Kier alpha value is -2.22. The third kappa shape index (κ3) is 5.19. The van der Waals surface area contributed by atoms with Gasteiger partial charge in [-0.1, -0.05) is 19.9 Å². The van der Waals surface area contributed by atoms with Gasteiger partial charge in [0.25, 0.3) is 0 Å². The maximum atomic E-state index is 14.1. The van der Waals surface area contributed by atoms with Crippen molar-refractivity contribution in [2.45, 2.75) is 44.4 Å². The zero-order valence-corrected chi connectivity index (χ0v) is 16.5. The molecule has 0 radical (unpaired) electrons. The number of carbonyl (C=O) groups is 1. The largest absolute Gasteiger partial charge is 0.488 e. The summed E-state index contributed by atoms with van der Waals surface area (Å²) in [5.74, 6) is -1.64. The summed E-state index contributed by atoms with van der Waals surface area (Å²) in [7, 11) is 0. The Balaban J connectivity index is 2.41. The molecule has 3 nitrogen and oxygen atoms in total. The molecule has 0 saturated carbocycles. The number of hydrogen-bond acceptors (Lipinski definition) is 4. The summed E-state index contributed by atoms with van der Waals surface area (Å²) in [5, 5.41) is 0. The van der Waals surface area contributed by atoms with Crippen LogP contribution in [0, 0.1) is 5.82 Å². The van der Waals surface area contributed by atoms with Crippen molar-refractivity contribution in [3.05, 3.63) is 52.8 Å². The number of aryl methyl sites for hydroxylation is 1. The van der Waals surface area contributed by atoms with E-state index < -0.39 is 29.3 Å².